The first-order valence-corrected chi connectivity index (χ1v) is 9.48. The van der Waals surface area contributed by atoms with Crippen LogP contribution in [-0.2, 0) is 19.6 Å². The van der Waals surface area contributed by atoms with E-state index in [1.807, 2.05) is 0 Å². The highest BCUT2D eigenvalue weighted by Gasteiger charge is 2.63. The number of rotatable bonds is 6. The standard InChI is InChI=1S/C18H13F5O7S/c1-9(2)14(24)29-12-8-7-10-5-3-4-6-11(10)13(12)15(25)30-16(17(19,20)21)18(22,23)31(26,27)28/h3-8,16H,1H2,2H3,(H,26,27,28)/p-1. The highest BCUT2D eigenvalue weighted by atomic mass is 32.2. The molecule has 0 aliphatic carbocycles. The molecule has 0 amide bonds. The Morgan fingerprint density at radius 3 is 2.16 bits per heavy atom. The molecule has 1 atom stereocenters. The molecule has 7 nitrogen and oxygen atoms in total. The van der Waals surface area contributed by atoms with Crippen molar-refractivity contribution < 1.29 is 54.0 Å². The van der Waals surface area contributed by atoms with E-state index in [0.717, 1.165) is 6.07 Å². The lowest BCUT2D eigenvalue weighted by Crippen LogP contribution is -2.52. The van der Waals surface area contributed by atoms with Gasteiger partial charge in [0.1, 0.15) is 11.3 Å². The van der Waals surface area contributed by atoms with Crippen molar-refractivity contribution in [2.75, 3.05) is 0 Å². The minimum atomic E-state index is -6.87. The van der Waals surface area contributed by atoms with Crippen LogP contribution in [0, 0.1) is 0 Å². The van der Waals surface area contributed by atoms with Crippen LogP contribution in [0.5, 0.6) is 5.75 Å². The third-order valence-electron chi connectivity index (χ3n) is 3.81. The van der Waals surface area contributed by atoms with Crippen molar-refractivity contribution in [2.24, 2.45) is 0 Å². The van der Waals surface area contributed by atoms with Crippen LogP contribution < -0.4 is 4.74 Å². The van der Waals surface area contributed by atoms with E-state index in [-0.39, 0.29) is 16.3 Å². The fourth-order valence-electron chi connectivity index (χ4n) is 2.36. The van der Waals surface area contributed by atoms with Gasteiger partial charge in [0.05, 0.1) is 0 Å². The van der Waals surface area contributed by atoms with Gasteiger partial charge in [0, 0.05) is 5.57 Å². The Kier molecular flexibility index (Phi) is 6.43. The van der Waals surface area contributed by atoms with Crippen LogP contribution in [-0.4, -0.2) is 42.4 Å². The van der Waals surface area contributed by atoms with Gasteiger partial charge in [-0.25, -0.2) is 18.0 Å². The number of carbonyl (C=O) groups is 2. The zero-order valence-corrected chi connectivity index (χ0v) is 16.2. The van der Waals surface area contributed by atoms with E-state index in [0.29, 0.717) is 0 Å². The lowest BCUT2D eigenvalue weighted by molar-refractivity contribution is -0.248. The molecule has 13 heteroatoms. The molecule has 0 aliphatic heterocycles. The van der Waals surface area contributed by atoms with E-state index in [4.69, 9.17) is 4.74 Å². The first kappa shape index (κ1) is 24.2. The quantitative estimate of drug-likeness (QED) is 0.210. The predicted molar refractivity (Wildman–Crippen MR) is 94.3 cm³/mol. The summed E-state index contributed by atoms with van der Waals surface area (Å²) in [5, 5.41) is -5.97. The number of esters is 2. The highest BCUT2D eigenvalue weighted by Crippen LogP contribution is 2.39. The largest absolute Gasteiger partial charge is 0.743 e. The summed E-state index contributed by atoms with van der Waals surface area (Å²) in [6.45, 7) is 4.51. The minimum absolute atomic E-state index is 0.159. The second-order valence-electron chi connectivity index (χ2n) is 6.17. The van der Waals surface area contributed by atoms with Crippen molar-refractivity contribution in [3.63, 3.8) is 0 Å². The fraction of sp³-hybridized carbons (Fsp3) is 0.222. The lowest BCUT2D eigenvalue weighted by atomic mass is 10.0. The maximum absolute atomic E-state index is 13.7. The number of carbonyl (C=O) groups excluding carboxylic acids is 2. The molecule has 2 aromatic carbocycles. The van der Waals surface area contributed by atoms with E-state index in [2.05, 4.69) is 11.3 Å². The number of ether oxygens (including phenoxy) is 2. The topological polar surface area (TPSA) is 110 Å². The summed E-state index contributed by atoms with van der Waals surface area (Å²) in [6, 6.07) is 7.70. The van der Waals surface area contributed by atoms with E-state index in [1.165, 1.54) is 37.3 Å². The van der Waals surface area contributed by atoms with E-state index >= 15 is 0 Å². The predicted octanol–water partition coefficient (Wildman–Crippen LogP) is 3.55. The molecule has 0 saturated carbocycles. The minimum Gasteiger partial charge on any atom is -0.743 e. The average molecular weight is 467 g/mol. The second-order valence-corrected chi connectivity index (χ2v) is 7.63. The number of fused-ring (bicyclic) bond motifs is 1. The molecule has 2 rings (SSSR count). The summed E-state index contributed by atoms with van der Waals surface area (Å²) >= 11 is 0. The second kappa shape index (κ2) is 8.23. The number of halogens is 5. The molecule has 0 aliphatic rings. The van der Waals surface area contributed by atoms with Crippen molar-refractivity contribution >= 4 is 32.8 Å². The molecule has 0 saturated heterocycles. The van der Waals surface area contributed by atoms with E-state index < -0.39 is 50.9 Å². The Balaban J connectivity index is 2.65. The number of benzene rings is 2. The van der Waals surface area contributed by atoms with Gasteiger partial charge >= 0.3 is 23.4 Å². The van der Waals surface area contributed by atoms with Crippen molar-refractivity contribution in [3.8, 4) is 5.75 Å². The SMILES string of the molecule is C=C(C)C(=O)Oc1ccc2ccccc2c1C(=O)OC(C(F)(F)F)C(F)(F)S(=O)(=O)[O-]. The van der Waals surface area contributed by atoms with Crippen LogP contribution in [0.4, 0.5) is 22.0 Å². The third kappa shape index (κ3) is 4.99. The monoisotopic (exact) mass is 467 g/mol. The highest BCUT2D eigenvalue weighted by molar-refractivity contribution is 7.86. The van der Waals surface area contributed by atoms with Crippen molar-refractivity contribution in [1.29, 1.82) is 0 Å². The summed E-state index contributed by atoms with van der Waals surface area (Å²) in [7, 11) is -6.87. The molecule has 0 heterocycles. The van der Waals surface area contributed by atoms with Gasteiger partial charge in [0.2, 0.25) is 0 Å². The molecule has 1 unspecified atom stereocenters. The van der Waals surface area contributed by atoms with Crippen LogP contribution in [0.3, 0.4) is 0 Å². The summed E-state index contributed by atoms with van der Waals surface area (Å²) < 4.78 is 107. The fourth-order valence-corrected chi connectivity index (χ4v) is 2.80. The van der Waals surface area contributed by atoms with Gasteiger partial charge in [-0.3, -0.25) is 0 Å². The Hall–Kier alpha value is -3.06. The molecule has 0 spiro atoms. The first-order valence-electron chi connectivity index (χ1n) is 8.07. The molecule has 0 radical (unpaired) electrons. The zero-order chi connectivity index (χ0) is 23.8. The van der Waals surface area contributed by atoms with Gasteiger partial charge < -0.3 is 14.0 Å². The van der Waals surface area contributed by atoms with Gasteiger partial charge in [-0.2, -0.15) is 22.0 Å². The normalized spacial score (nSPS) is 13.5. The molecule has 168 valence electrons. The van der Waals surface area contributed by atoms with Gasteiger partial charge in [0.25, 0.3) is 6.10 Å². The first-order chi connectivity index (χ1) is 14.1. The van der Waals surface area contributed by atoms with Gasteiger partial charge in [-0.15, -0.1) is 0 Å². The van der Waals surface area contributed by atoms with E-state index in [9.17, 15) is 44.5 Å². The van der Waals surface area contributed by atoms with Crippen LogP contribution in [0.15, 0.2) is 48.6 Å². The Morgan fingerprint density at radius 2 is 1.65 bits per heavy atom. The smallest absolute Gasteiger partial charge is 0.432 e. The maximum Gasteiger partial charge on any atom is 0.432 e. The van der Waals surface area contributed by atoms with Crippen LogP contribution >= 0.6 is 0 Å². The maximum atomic E-state index is 13.7. The molecule has 0 aromatic heterocycles. The molecule has 0 N–H and O–H groups in total. The molecular weight excluding hydrogens is 455 g/mol. The van der Waals surface area contributed by atoms with Gasteiger partial charge in [-0.05, 0) is 23.8 Å². The zero-order valence-electron chi connectivity index (χ0n) is 15.4. The van der Waals surface area contributed by atoms with Gasteiger partial charge in [-0.1, -0.05) is 36.9 Å². The Morgan fingerprint density at radius 1 is 1.06 bits per heavy atom. The molecule has 0 fully saturated rings. The summed E-state index contributed by atoms with van der Waals surface area (Å²) in [6.07, 6.45) is -10.7. The number of alkyl halides is 5. The molecule has 2 aromatic rings. The van der Waals surface area contributed by atoms with Crippen molar-refractivity contribution in [2.45, 2.75) is 24.5 Å². The van der Waals surface area contributed by atoms with Crippen LogP contribution in [0.25, 0.3) is 10.8 Å². The number of hydrogen-bond acceptors (Lipinski definition) is 7. The Bertz CT molecular complexity index is 1160. The number of hydrogen-bond donors (Lipinski definition) is 0. The van der Waals surface area contributed by atoms with E-state index in [1.54, 1.807) is 0 Å². The molecule has 0 bridgehead atoms. The summed E-state index contributed by atoms with van der Waals surface area (Å²) in [5.74, 6) is -3.86. The average Bonchev–Trinajstić information content (AvgIpc) is 2.63. The molecule has 31 heavy (non-hydrogen) atoms. The van der Waals surface area contributed by atoms with Crippen LogP contribution in [0.1, 0.15) is 17.3 Å². The third-order valence-corrected chi connectivity index (χ3v) is 4.69. The van der Waals surface area contributed by atoms with Crippen LogP contribution in [0.2, 0.25) is 0 Å². The van der Waals surface area contributed by atoms with Crippen molar-refractivity contribution in [1.82, 2.24) is 0 Å². The van der Waals surface area contributed by atoms with Crippen molar-refractivity contribution in [3.05, 3.63) is 54.1 Å². The summed E-state index contributed by atoms with van der Waals surface area (Å²) in [4.78, 5) is 24.3. The summed E-state index contributed by atoms with van der Waals surface area (Å²) in [5.41, 5.74) is -1.04. The van der Waals surface area contributed by atoms with Gasteiger partial charge in [0.15, 0.2) is 10.1 Å². The Labute approximate surface area is 171 Å². The lowest BCUT2D eigenvalue weighted by Gasteiger charge is -2.30. The molecular formula is C18H12F5O7S-.